The van der Waals surface area contributed by atoms with E-state index in [1.807, 2.05) is 0 Å². The van der Waals surface area contributed by atoms with Crippen LogP contribution in [0.5, 0.6) is 5.75 Å². The van der Waals surface area contributed by atoms with E-state index in [0.717, 1.165) is 23.1 Å². The second kappa shape index (κ2) is 8.41. The fourth-order valence-electron chi connectivity index (χ4n) is 3.89. The summed E-state index contributed by atoms with van der Waals surface area (Å²) in [6.07, 6.45) is 0.625. The fraction of sp³-hybridized carbons (Fsp3) is 0.318. The fourth-order valence-corrected chi connectivity index (χ4v) is 5.36. The van der Waals surface area contributed by atoms with Gasteiger partial charge in [0, 0.05) is 43.2 Å². The second-order valence-electron chi connectivity index (χ2n) is 7.66. The van der Waals surface area contributed by atoms with Crippen LogP contribution in [0.3, 0.4) is 0 Å². The molecule has 0 aliphatic carbocycles. The summed E-state index contributed by atoms with van der Waals surface area (Å²) in [4.78, 5) is 14.2. The Morgan fingerprint density at radius 3 is 2.55 bits per heavy atom. The van der Waals surface area contributed by atoms with Gasteiger partial charge in [0.15, 0.2) is 0 Å². The van der Waals surface area contributed by atoms with Crippen LogP contribution in [-0.4, -0.2) is 48.9 Å². The van der Waals surface area contributed by atoms with Crippen molar-refractivity contribution in [3.63, 3.8) is 0 Å². The molecule has 0 radical (unpaired) electrons. The first-order valence-corrected chi connectivity index (χ1v) is 11.4. The van der Waals surface area contributed by atoms with Gasteiger partial charge in [-0.3, -0.25) is 4.90 Å². The van der Waals surface area contributed by atoms with Gasteiger partial charge in [-0.05, 0) is 61.9 Å². The predicted molar refractivity (Wildman–Crippen MR) is 114 cm³/mol. The van der Waals surface area contributed by atoms with Crippen molar-refractivity contribution in [1.29, 1.82) is 0 Å². The van der Waals surface area contributed by atoms with E-state index in [-0.39, 0.29) is 10.6 Å². The molecular weight excluding hydrogens is 423 g/mol. The molecule has 3 aromatic rings. The normalized spacial score (nSPS) is 16.5. The Kier molecular flexibility index (Phi) is 5.83. The average Bonchev–Trinajstić information content (AvgIpc) is 2.97. The van der Waals surface area contributed by atoms with E-state index in [0.29, 0.717) is 50.3 Å². The van der Waals surface area contributed by atoms with Crippen molar-refractivity contribution in [1.82, 2.24) is 9.21 Å². The Morgan fingerprint density at radius 1 is 1.06 bits per heavy atom. The zero-order chi connectivity index (χ0) is 22.2. The first-order chi connectivity index (χ1) is 14.8. The van der Waals surface area contributed by atoms with Crippen LogP contribution in [0.2, 0.25) is 0 Å². The highest BCUT2D eigenvalue weighted by atomic mass is 32.2. The Bertz CT molecular complexity index is 1270. The minimum absolute atomic E-state index is 0.0595. The topological polar surface area (TPSA) is 91.1 Å². The Labute approximate surface area is 179 Å². The van der Waals surface area contributed by atoms with Crippen LogP contribution in [0, 0.1) is 12.7 Å². The van der Waals surface area contributed by atoms with Gasteiger partial charge >= 0.3 is 5.63 Å². The number of phenolic OH excluding ortho intramolecular Hbond substituents is 1. The van der Waals surface area contributed by atoms with Gasteiger partial charge in [0.1, 0.15) is 17.1 Å². The molecule has 31 heavy (non-hydrogen) atoms. The smallest absolute Gasteiger partial charge is 0.336 e. The number of phenols is 1. The van der Waals surface area contributed by atoms with Gasteiger partial charge in [0.25, 0.3) is 0 Å². The van der Waals surface area contributed by atoms with E-state index in [1.165, 1.54) is 22.5 Å². The summed E-state index contributed by atoms with van der Waals surface area (Å²) in [5, 5.41) is 10.7. The summed E-state index contributed by atoms with van der Waals surface area (Å²) < 4.78 is 45.7. The number of fused-ring (bicyclic) bond motifs is 1. The van der Waals surface area contributed by atoms with Crippen molar-refractivity contribution in [3.05, 3.63) is 69.8 Å². The van der Waals surface area contributed by atoms with E-state index in [1.54, 1.807) is 19.1 Å². The van der Waals surface area contributed by atoms with Gasteiger partial charge < -0.3 is 9.52 Å². The van der Waals surface area contributed by atoms with E-state index < -0.39 is 21.5 Å². The zero-order valence-electron chi connectivity index (χ0n) is 17.0. The maximum atomic E-state index is 13.2. The third kappa shape index (κ3) is 4.34. The second-order valence-corrected chi connectivity index (χ2v) is 9.60. The first kappa shape index (κ1) is 21.5. The number of hydrogen-bond donors (Lipinski definition) is 1. The molecule has 1 saturated heterocycles. The summed E-state index contributed by atoms with van der Waals surface area (Å²) in [6.45, 7) is 3.94. The molecule has 1 aliphatic rings. The number of aryl methyl sites for hydroxylation is 1. The van der Waals surface area contributed by atoms with Crippen LogP contribution in [0.25, 0.3) is 11.0 Å². The average molecular weight is 447 g/mol. The highest BCUT2D eigenvalue weighted by Gasteiger charge is 2.27. The van der Waals surface area contributed by atoms with Crippen molar-refractivity contribution in [2.24, 2.45) is 0 Å². The Hall–Kier alpha value is -2.75. The number of aromatic hydroxyl groups is 1. The molecule has 0 unspecified atom stereocenters. The molecule has 1 fully saturated rings. The SMILES string of the molecule is Cc1c(O)ccc2c(CN3CCCN(S(=O)(=O)c4ccc(F)cc4)CC3)cc(=O)oc12. The summed E-state index contributed by atoms with van der Waals surface area (Å²) in [6, 6.07) is 9.57. The van der Waals surface area contributed by atoms with Crippen LogP contribution in [0.1, 0.15) is 17.5 Å². The van der Waals surface area contributed by atoms with Crippen LogP contribution < -0.4 is 5.63 Å². The quantitative estimate of drug-likeness (QED) is 0.620. The monoisotopic (exact) mass is 446 g/mol. The van der Waals surface area contributed by atoms with E-state index in [4.69, 9.17) is 4.42 Å². The van der Waals surface area contributed by atoms with Crippen molar-refractivity contribution in [3.8, 4) is 5.75 Å². The van der Waals surface area contributed by atoms with Crippen LogP contribution in [0.15, 0.2) is 56.6 Å². The third-order valence-corrected chi connectivity index (χ3v) is 7.52. The molecule has 2 aromatic carbocycles. The molecule has 0 saturated carbocycles. The number of nitrogens with zero attached hydrogens (tertiary/aromatic N) is 2. The minimum Gasteiger partial charge on any atom is -0.508 e. The van der Waals surface area contributed by atoms with Crippen molar-refractivity contribution >= 4 is 21.0 Å². The lowest BCUT2D eigenvalue weighted by atomic mass is 10.1. The molecule has 0 spiro atoms. The van der Waals surface area contributed by atoms with Gasteiger partial charge in [0.2, 0.25) is 10.0 Å². The molecule has 164 valence electrons. The van der Waals surface area contributed by atoms with E-state index in [9.17, 15) is 22.7 Å². The number of hydrogen-bond acceptors (Lipinski definition) is 6. The van der Waals surface area contributed by atoms with Crippen molar-refractivity contribution < 1.29 is 22.3 Å². The van der Waals surface area contributed by atoms with Gasteiger partial charge in [-0.1, -0.05) is 0 Å². The van der Waals surface area contributed by atoms with E-state index >= 15 is 0 Å². The third-order valence-electron chi connectivity index (χ3n) is 5.61. The Balaban J connectivity index is 1.54. The lowest BCUT2D eigenvalue weighted by Crippen LogP contribution is -2.35. The summed E-state index contributed by atoms with van der Waals surface area (Å²) in [5.41, 5.74) is 1.14. The maximum Gasteiger partial charge on any atom is 0.336 e. The highest BCUT2D eigenvalue weighted by Crippen LogP contribution is 2.28. The summed E-state index contributed by atoms with van der Waals surface area (Å²) >= 11 is 0. The number of rotatable bonds is 4. The van der Waals surface area contributed by atoms with Crippen molar-refractivity contribution in [2.75, 3.05) is 26.2 Å². The van der Waals surface area contributed by atoms with Gasteiger partial charge in [-0.15, -0.1) is 0 Å². The van der Waals surface area contributed by atoms with Crippen LogP contribution >= 0.6 is 0 Å². The van der Waals surface area contributed by atoms with Crippen LogP contribution in [0.4, 0.5) is 4.39 Å². The molecule has 1 aromatic heterocycles. The number of halogens is 1. The zero-order valence-corrected chi connectivity index (χ0v) is 17.9. The maximum absolute atomic E-state index is 13.2. The molecule has 1 N–H and O–H groups in total. The minimum atomic E-state index is -3.70. The highest BCUT2D eigenvalue weighted by molar-refractivity contribution is 7.89. The summed E-state index contributed by atoms with van der Waals surface area (Å²) in [7, 11) is -3.70. The van der Waals surface area contributed by atoms with E-state index in [2.05, 4.69) is 4.90 Å². The largest absolute Gasteiger partial charge is 0.508 e. The first-order valence-electron chi connectivity index (χ1n) is 9.99. The molecule has 7 nitrogen and oxygen atoms in total. The lowest BCUT2D eigenvalue weighted by Gasteiger charge is -2.22. The molecule has 4 rings (SSSR count). The molecule has 2 heterocycles. The molecule has 0 amide bonds. The number of benzene rings is 2. The molecule has 0 bridgehead atoms. The number of sulfonamides is 1. The molecule has 0 atom stereocenters. The molecule has 1 aliphatic heterocycles. The van der Waals surface area contributed by atoms with Gasteiger partial charge in [-0.25, -0.2) is 17.6 Å². The van der Waals surface area contributed by atoms with Crippen LogP contribution in [-0.2, 0) is 16.6 Å². The summed E-state index contributed by atoms with van der Waals surface area (Å²) in [5.74, 6) is -0.423. The van der Waals surface area contributed by atoms with Gasteiger partial charge in [-0.2, -0.15) is 4.31 Å². The van der Waals surface area contributed by atoms with Gasteiger partial charge in [0.05, 0.1) is 4.90 Å². The molecular formula is C22H23FN2O5S. The Morgan fingerprint density at radius 2 is 1.81 bits per heavy atom. The molecule has 9 heteroatoms. The predicted octanol–water partition coefficient (Wildman–Crippen LogP) is 2.84. The lowest BCUT2D eigenvalue weighted by molar-refractivity contribution is 0.279. The van der Waals surface area contributed by atoms with Crippen molar-refractivity contribution in [2.45, 2.75) is 24.8 Å². The standard InChI is InChI=1S/C22H23FN2O5S/c1-15-20(26)8-7-19-16(13-21(27)30-22(15)19)14-24-9-2-10-25(12-11-24)31(28,29)18-5-3-17(23)4-6-18/h3-8,13,26H,2,9-12,14H2,1H3.